The van der Waals surface area contributed by atoms with Crippen LogP contribution in [0.2, 0.25) is 0 Å². The Morgan fingerprint density at radius 2 is 1.87 bits per heavy atom. The fraction of sp³-hybridized carbons (Fsp3) is 0.611. The van der Waals surface area contributed by atoms with Gasteiger partial charge in [0.1, 0.15) is 12.4 Å². The van der Waals surface area contributed by atoms with Crippen LogP contribution in [0.1, 0.15) is 31.2 Å². The molecule has 3 fully saturated rings. The number of hydrogen-bond donors (Lipinski definition) is 0. The van der Waals surface area contributed by atoms with Crippen molar-refractivity contribution >= 4 is 5.91 Å². The maximum Gasteiger partial charge on any atom is 0.248 e. The summed E-state index contributed by atoms with van der Waals surface area (Å²) >= 11 is 0. The van der Waals surface area contributed by atoms with E-state index in [1.165, 1.54) is 12.1 Å². The third-order valence-electron chi connectivity index (χ3n) is 5.36. The second-order valence-corrected chi connectivity index (χ2v) is 7.13. The van der Waals surface area contributed by atoms with Crippen molar-refractivity contribution < 1.29 is 13.9 Å². The Morgan fingerprint density at radius 3 is 2.52 bits per heavy atom. The summed E-state index contributed by atoms with van der Waals surface area (Å²) in [6, 6.07) is 7.21. The van der Waals surface area contributed by atoms with Gasteiger partial charge in [-0.05, 0) is 43.4 Å². The van der Waals surface area contributed by atoms with Crippen LogP contribution in [0.15, 0.2) is 24.3 Å². The number of carbonyl (C=O) groups is 1. The summed E-state index contributed by atoms with van der Waals surface area (Å²) in [5, 5.41) is 0. The van der Waals surface area contributed by atoms with Crippen molar-refractivity contribution in [1.29, 1.82) is 0 Å². The summed E-state index contributed by atoms with van der Waals surface area (Å²) in [7, 11) is 0. The van der Waals surface area contributed by atoms with Crippen LogP contribution in [0.3, 0.4) is 0 Å². The van der Waals surface area contributed by atoms with Gasteiger partial charge in [0.05, 0.1) is 12.1 Å². The summed E-state index contributed by atoms with van der Waals surface area (Å²) in [6.45, 7) is 3.78. The van der Waals surface area contributed by atoms with Crippen LogP contribution in [-0.2, 0) is 16.1 Å². The van der Waals surface area contributed by atoms with Gasteiger partial charge in [0, 0.05) is 25.7 Å². The monoisotopic (exact) mass is 318 g/mol. The molecular formula is C18H23FN2O2. The molecule has 0 unspecified atom stereocenters. The van der Waals surface area contributed by atoms with E-state index in [9.17, 15) is 9.18 Å². The molecule has 1 spiro atoms. The molecule has 0 N–H and O–H groups in total. The zero-order valence-electron chi connectivity index (χ0n) is 13.3. The Bertz CT molecular complexity index is 577. The second kappa shape index (κ2) is 5.87. The number of ether oxygens (including phenoxy) is 1. The molecule has 2 aliphatic heterocycles. The zero-order valence-corrected chi connectivity index (χ0v) is 13.3. The molecule has 2 heterocycles. The van der Waals surface area contributed by atoms with Crippen molar-refractivity contribution in [3.8, 4) is 0 Å². The highest BCUT2D eigenvalue weighted by Crippen LogP contribution is 2.36. The van der Waals surface area contributed by atoms with Gasteiger partial charge in [0.2, 0.25) is 5.91 Å². The molecule has 1 aromatic carbocycles. The number of halogens is 1. The fourth-order valence-electron chi connectivity index (χ4n) is 3.73. The molecule has 0 atom stereocenters. The molecule has 0 aromatic heterocycles. The van der Waals surface area contributed by atoms with Crippen LogP contribution in [-0.4, -0.2) is 53.6 Å². The topological polar surface area (TPSA) is 32.8 Å². The van der Waals surface area contributed by atoms with Gasteiger partial charge in [0.15, 0.2) is 0 Å². The predicted octanol–water partition coefficient (Wildman–Crippen LogP) is 2.18. The minimum Gasteiger partial charge on any atom is -0.363 e. The van der Waals surface area contributed by atoms with E-state index < -0.39 is 0 Å². The molecular weight excluding hydrogens is 295 g/mol. The molecule has 23 heavy (non-hydrogen) atoms. The first-order valence-electron chi connectivity index (χ1n) is 8.54. The van der Waals surface area contributed by atoms with E-state index in [0.29, 0.717) is 6.04 Å². The Morgan fingerprint density at radius 1 is 1.17 bits per heavy atom. The van der Waals surface area contributed by atoms with Gasteiger partial charge in [-0.3, -0.25) is 9.69 Å². The number of morpholine rings is 1. The molecule has 0 radical (unpaired) electrons. The summed E-state index contributed by atoms with van der Waals surface area (Å²) in [5.41, 5.74) is 0.997. The highest BCUT2D eigenvalue weighted by atomic mass is 19.1. The molecule has 124 valence electrons. The third kappa shape index (κ3) is 3.26. The summed E-state index contributed by atoms with van der Waals surface area (Å²) in [5.74, 6) is -0.0290. The Hall–Kier alpha value is -1.46. The van der Waals surface area contributed by atoms with E-state index in [1.807, 2.05) is 12.1 Å². The largest absolute Gasteiger partial charge is 0.363 e. The Labute approximate surface area is 136 Å². The number of carbonyl (C=O) groups excluding carboxylic acids is 1. The van der Waals surface area contributed by atoms with E-state index in [0.717, 1.165) is 57.4 Å². The molecule has 2 saturated heterocycles. The zero-order chi connectivity index (χ0) is 15.9. The van der Waals surface area contributed by atoms with Crippen LogP contribution < -0.4 is 0 Å². The number of benzene rings is 1. The van der Waals surface area contributed by atoms with Crippen LogP contribution in [0, 0.1) is 5.82 Å². The SMILES string of the molecule is O=C1COC2(CCN(Cc3ccc(F)cc3)CC2)CN1C1CC1. The van der Waals surface area contributed by atoms with Crippen molar-refractivity contribution in [2.75, 3.05) is 26.2 Å². The highest BCUT2D eigenvalue weighted by Gasteiger charge is 2.46. The van der Waals surface area contributed by atoms with E-state index in [4.69, 9.17) is 4.74 Å². The van der Waals surface area contributed by atoms with Crippen molar-refractivity contribution in [1.82, 2.24) is 9.80 Å². The first kappa shape index (κ1) is 15.1. The van der Waals surface area contributed by atoms with Crippen molar-refractivity contribution in [3.05, 3.63) is 35.6 Å². The molecule has 1 aliphatic carbocycles. The normalized spacial score (nSPS) is 25.1. The van der Waals surface area contributed by atoms with Gasteiger partial charge >= 0.3 is 0 Å². The molecule has 3 aliphatic rings. The van der Waals surface area contributed by atoms with Crippen molar-refractivity contribution in [2.45, 2.75) is 43.9 Å². The summed E-state index contributed by atoms with van der Waals surface area (Å²) < 4.78 is 19.0. The lowest BCUT2D eigenvalue weighted by atomic mass is 9.89. The van der Waals surface area contributed by atoms with Crippen LogP contribution in [0.4, 0.5) is 4.39 Å². The molecule has 4 rings (SSSR count). The lowest BCUT2D eigenvalue weighted by Crippen LogP contribution is -2.59. The molecule has 5 heteroatoms. The van der Waals surface area contributed by atoms with Gasteiger partial charge in [-0.15, -0.1) is 0 Å². The average Bonchev–Trinajstić information content (AvgIpc) is 3.39. The first-order valence-corrected chi connectivity index (χ1v) is 8.54. The number of hydrogen-bond acceptors (Lipinski definition) is 3. The van der Waals surface area contributed by atoms with E-state index in [1.54, 1.807) is 0 Å². The van der Waals surface area contributed by atoms with Gasteiger partial charge < -0.3 is 9.64 Å². The van der Waals surface area contributed by atoms with Crippen molar-refractivity contribution in [3.63, 3.8) is 0 Å². The molecule has 1 amide bonds. The maximum absolute atomic E-state index is 13.0. The fourth-order valence-corrected chi connectivity index (χ4v) is 3.73. The second-order valence-electron chi connectivity index (χ2n) is 7.13. The maximum atomic E-state index is 13.0. The van der Waals surface area contributed by atoms with Gasteiger partial charge in [0.25, 0.3) is 0 Å². The minimum absolute atomic E-state index is 0.143. The Balaban J connectivity index is 1.35. The van der Waals surface area contributed by atoms with Crippen molar-refractivity contribution in [2.24, 2.45) is 0 Å². The smallest absolute Gasteiger partial charge is 0.248 e. The molecule has 0 bridgehead atoms. The van der Waals surface area contributed by atoms with Crippen LogP contribution in [0.25, 0.3) is 0 Å². The third-order valence-corrected chi connectivity index (χ3v) is 5.36. The minimum atomic E-state index is -0.188. The van der Waals surface area contributed by atoms with E-state index in [2.05, 4.69) is 9.80 Å². The number of likely N-dealkylation sites (tertiary alicyclic amines) is 1. The predicted molar refractivity (Wildman–Crippen MR) is 84.3 cm³/mol. The number of nitrogens with zero attached hydrogens (tertiary/aromatic N) is 2. The van der Waals surface area contributed by atoms with Crippen LogP contribution in [0.5, 0.6) is 0 Å². The molecule has 1 aromatic rings. The standard InChI is InChI=1S/C18H23FN2O2/c19-15-3-1-14(2-4-15)11-20-9-7-18(8-10-20)13-21(16-5-6-16)17(22)12-23-18/h1-4,16H,5-13H2. The lowest BCUT2D eigenvalue weighted by molar-refractivity contribution is -0.172. The van der Waals surface area contributed by atoms with E-state index in [-0.39, 0.29) is 23.9 Å². The quantitative estimate of drug-likeness (QED) is 0.856. The van der Waals surface area contributed by atoms with Gasteiger partial charge in [-0.2, -0.15) is 0 Å². The molecule has 1 saturated carbocycles. The molecule has 4 nitrogen and oxygen atoms in total. The van der Waals surface area contributed by atoms with Gasteiger partial charge in [-0.1, -0.05) is 12.1 Å². The summed E-state index contributed by atoms with van der Waals surface area (Å²) in [4.78, 5) is 16.4. The Kier molecular flexibility index (Phi) is 3.85. The average molecular weight is 318 g/mol. The van der Waals surface area contributed by atoms with E-state index >= 15 is 0 Å². The van der Waals surface area contributed by atoms with Gasteiger partial charge in [-0.25, -0.2) is 4.39 Å². The first-order chi connectivity index (χ1) is 11.1. The lowest BCUT2D eigenvalue weighted by Gasteiger charge is -2.47. The highest BCUT2D eigenvalue weighted by molar-refractivity contribution is 5.79. The number of rotatable bonds is 3. The van der Waals surface area contributed by atoms with Crippen LogP contribution >= 0.6 is 0 Å². The number of piperidine rings is 1. The summed E-state index contributed by atoms with van der Waals surface area (Å²) in [6.07, 6.45) is 4.23. The number of amides is 1.